The molecule has 0 heterocycles. The van der Waals surface area contributed by atoms with Gasteiger partial charge in [-0.15, -0.1) is 0 Å². The predicted octanol–water partition coefficient (Wildman–Crippen LogP) is 2.13. The molecule has 0 radical (unpaired) electrons. The zero-order valence-electron chi connectivity index (χ0n) is 8.16. The second-order valence-electron chi connectivity index (χ2n) is 3.24. The van der Waals surface area contributed by atoms with Crippen molar-refractivity contribution in [1.82, 2.24) is 5.32 Å². The first-order valence-corrected chi connectivity index (χ1v) is 5.71. The summed E-state index contributed by atoms with van der Waals surface area (Å²) >= 11 is 3.39. The lowest BCUT2D eigenvalue weighted by Crippen LogP contribution is -2.36. The molecule has 0 saturated heterocycles. The Hall–Kier alpha value is -0.830. The lowest BCUT2D eigenvalue weighted by molar-refractivity contribution is -0.119. The van der Waals surface area contributed by atoms with Crippen LogP contribution >= 0.6 is 15.9 Å². The van der Waals surface area contributed by atoms with Crippen molar-refractivity contribution in [1.29, 1.82) is 0 Å². The molecule has 0 aliphatic rings. The van der Waals surface area contributed by atoms with Gasteiger partial charge in [-0.25, -0.2) is 0 Å². The third-order valence-corrected chi connectivity index (χ3v) is 2.70. The largest absolute Gasteiger partial charge is 0.352 e. The van der Waals surface area contributed by atoms with E-state index in [1.54, 1.807) is 6.92 Å². The second kappa shape index (κ2) is 5.81. The van der Waals surface area contributed by atoms with Gasteiger partial charge >= 0.3 is 0 Å². The average molecular weight is 256 g/mol. The number of halogens is 1. The van der Waals surface area contributed by atoms with Crippen molar-refractivity contribution < 1.29 is 4.79 Å². The summed E-state index contributed by atoms with van der Waals surface area (Å²) in [7, 11) is 0. The maximum absolute atomic E-state index is 10.9. The van der Waals surface area contributed by atoms with Crippen LogP contribution in [0.5, 0.6) is 0 Å². The molecule has 1 amide bonds. The van der Waals surface area contributed by atoms with E-state index in [2.05, 4.69) is 33.4 Å². The Balaban J connectivity index is 2.53. The van der Waals surface area contributed by atoms with Crippen molar-refractivity contribution in [3.05, 3.63) is 35.9 Å². The van der Waals surface area contributed by atoms with Crippen LogP contribution in [0.4, 0.5) is 0 Å². The molecule has 0 spiro atoms. The zero-order valence-corrected chi connectivity index (χ0v) is 9.75. The van der Waals surface area contributed by atoms with Crippen LogP contribution in [0.15, 0.2) is 30.3 Å². The van der Waals surface area contributed by atoms with Crippen molar-refractivity contribution in [2.45, 2.75) is 19.4 Å². The normalized spacial score (nSPS) is 12.1. The van der Waals surface area contributed by atoms with Gasteiger partial charge in [-0.05, 0) is 12.0 Å². The highest BCUT2D eigenvalue weighted by atomic mass is 79.9. The van der Waals surface area contributed by atoms with Gasteiger partial charge in [0.2, 0.25) is 5.91 Å². The minimum absolute atomic E-state index is 0.0189. The average Bonchev–Trinajstić information content (AvgIpc) is 2.17. The van der Waals surface area contributed by atoms with Crippen molar-refractivity contribution in [2.24, 2.45) is 0 Å². The molecule has 1 atom stereocenters. The first-order chi connectivity index (χ1) is 6.72. The van der Waals surface area contributed by atoms with Gasteiger partial charge < -0.3 is 5.32 Å². The molecule has 14 heavy (non-hydrogen) atoms. The monoisotopic (exact) mass is 255 g/mol. The van der Waals surface area contributed by atoms with E-state index in [0.717, 1.165) is 11.8 Å². The number of carbonyl (C=O) groups excluding carboxylic acids is 1. The number of hydrogen-bond acceptors (Lipinski definition) is 1. The SMILES string of the molecule is CC(=O)NC(CBr)Cc1ccccc1. The van der Waals surface area contributed by atoms with Crippen LogP contribution in [-0.4, -0.2) is 17.3 Å². The first kappa shape index (κ1) is 11.2. The topological polar surface area (TPSA) is 29.1 Å². The highest BCUT2D eigenvalue weighted by Crippen LogP contribution is 2.04. The summed E-state index contributed by atoms with van der Waals surface area (Å²) in [5, 5.41) is 3.67. The summed E-state index contributed by atoms with van der Waals surface area (Å²) < 4.78 is 0. The quantitative estimate of drug-likeness (QED) is 0.821. The van der Waals surface area contributed by atoms with Crippen LogP contribution in [0, 0.1) is 0 Å². The van der Waals surface area contributed by atoms with E-state index in [9.17, 15) is 4.79 Å². The molecular formula is C11H14BrNO. The van der Waals surface area contributed by atoms with Crippen LogP contribution in [0.25, 0.3) is 0 Å². The fourth-order valence-corrected chi connectivity index (χ4v) is 1.72. The zero-order chi connectivity index (χ0) is 10.4. The van der Waals surface area contributed by atoms with Gasteiger partial charge in [-0.1, -0.05) is 46.3 Å². The Morgan fingerprint density at radius 3 is 2.57 bits per heavy atom. The van der Waals surface area contributed by atoms with Crippen molar-refractivity contribution in [3.63, 3.8) is 0 Å². The Morgan fingerprint density at radius 2 is 2.07 bits per heavy atom. The molecule has 1 rings (SSSR count). The number of benzene rings is 1. The molecule has 0 fully saturated rings. The third-order valence-electron chi connectivity index (χ3n) is 1.92. The molecule has 0 aliphatic heterocycles. The van der Waals surface area contributed by atoms with Crippen molar-refractivity contribution in [3.8, 4) is 0 Å². The van der Waals surface area contributed by atoms with Gasteiger partial charge in [0.25, 0.3) is 0 Å². The summed E-state index contributed by atoms with van der Waals surface area (Å²) in [6.07, 6.45) is 0.867. The molecule has 1 unspecified atom stereocenters. The number of amides is 1. The lowest BCUT2D eigenvalue weighted by Gasteiger charge is -2.14. The third kappa shape index (κ3) is 3.92. The fraction of sp³-hybridized carbons (Fsp3) is 0.364. The Kier molecular flexibility index (Phi) is 4.66. The second-order valence-corrected chi connectivity index (χ2v) is 3.89. The van der Waals surface area contributed by atoms with Crippen LogP contribution in [0.1, 0.15) is 12.5 Å². The molecule has 3 heteroatoms. The molecular weight excluding hydrogens is 242 g/mol. The standard InChI is InChI=1S/C11H14BrNO/c1-9(14)13-11(8-12)7-10-5-3-2-4-6-10/h2-6,11H,7-8H2,1H3,(H,13,14). The van der Waals surface area contributed by atoms with Gasteiger partial charge in [0.05, 0.1) is 0 Å². The van der Waals surface area contributed by atoms with Gasteiger partial charge in [-0.3, -0.25) is 4.79 Å². The maximum atomic E-state index is 10.9. The van der Waals surface area contributed by atoms with Crippen molar-refractivity contribution in [2.75, 3.05) is 5.33 Å². The minimum atomic E-state index is 0.0189. The van der Waals surface area contributed by atoms with Crippen LogP contribution in [0.2, 0.25) is 0 Å². The summed E-state index contributed by atoms with van der Waals surface area (Å²) in [6, 6.07) is 10.3. The van der Waals surface area contributed by atoms with E-state index in [1.807, 2.05) is 18.2 Å². The smallest absolute Gasteiger partial charge is 0.217 e. The van der Waals surface area contributed by atoms with Crippen molar-refractivity contribution >= 4 is 21.8 Å². The Bertz CT molecular complexity index is 287. The van der Waals surface area contributed by atoms with Gasteiger partial charge in [0, 0.05) is 18.3 Å². The Labute approximate surface area is 92.8 Å². The molecule has 1 aromatic rings. The summed E-state index contributed by atoms with van der Waals surface area (Å²) in [4.78, 5) is 10.9. The van der Waals surface area contributed by atoms with E-state index >= 15 is 0 Å². The van der Waals surface area contributed by atoms with E-state index < -0.39 is 0 Å². The van der Waals surface area contributed by atoms with E-state index in [0.29, 0.717) is 0 Å². The molecule has 76 valence electrons. The van der Waals surface area contributed by atoms with Gasteiger partial charge in [0.1, 0.15) is 0 Å². The summed E-state index contributed by atoms with van der Waals surface area (Å²) in [5.74, 6) is 0.0189. The molecule has 0 bridgehead atoms. The summed E-state index contributed by atoms with van der Waals surface area (Å²) in [6.45, 7) is 1.54. The minimum Gasteiger partial charge on any atom is -0.352 e. The fourth-order valence-electron chi connectivity index (χ4n) is 1.33. The number of carbonyl (C=O) groups is 1. The van der Waals surface area contributed by atoms with Crippen LogP contribution < -0.4 is 5.32 Å². The van der Waals surface area contributed by atoms with Crippen LogP contribution in [-0.2, 0) is 11.2 Å². The van der Waals surface area contributed by atoms with E-state index in [-0.39, 0.29) is 11.9 Å². The highest BCUT2D eigenvalue weighted by molar-refractivity contribution is 9.09. The maximum Gasteiger partial charge on any atom is 0.217 e. The Morgan fingerprint density at radius 1 is 1.43 bits per heavy atom. The molecule has 1 aromatic carbocycles. The first-order valence-electron chi connectivity index (χ1n) is 4.59. The molecule has 1 N–H and O–H groups in total. The molecule has 0 aromatic heterocycles. The number of alkyl halides is 1. The van der Waals surface area contributed by atoms with E-state index in [4.69, 9.17) is 0 Å². The van der Waals surface area contributed by atoms with Gasteiger partial charge in [0.15, 0.2) is 0 Å². The molecule has 0 saturated carbocycles. The number of rotatable bonds is 4. The number of hydrogen-bond donors (Lipinski definition) is 1. The lowest BCUT2D eigenvalue weighted by atomic mass is 10.1. The predicted molar refractivity (Wildman–Crippen MR) is 61.5 cm³/mol. The molecule has 0 aliphatic carbocycles. The van der Waals surface area contributed by atoms with E-state index in [1.165, 1.54) is 5.56 Å². The molecule has 2 nitrogen and oxygen atoms in total. The highest BCUT2D eigenvalue weighted by Gasteiger charge is 2.08. The summed E-state index contributed by atoms with van der Waals surface area (Å²) in [5.41, 5.74) is 1.24. The number of nitrogens with one attached hydrogen (secondary N) is 1. The van der Waals surface area contributed by atoms with Crippen LogP contribution in [0.3, 0.4) is 0 Å². The van der Waals surface area contributed by atoms with Gasteiger partial charge in [-0.2, -0.15) is 0 Å².